The average Bonchev–Trinajstić information content (AvgIpc) is 2.49. The Bertz CT molecular complexity index is 461. The number of esters is 1. The zero-order valence-electron chi connectivity index (χ0n) is 11.0. The first-order chi connectivity index (χ1) is 9.61. The van der Waals surface area contributed by atoms with Crippen molar-refractivity contribution in [2.45, 2.75) is 0 Å². The number of benzene rings is 1. The van der Waals surface area contributed by atoms with Gasteiger partial charge in [0.1, 0.15) is 5.75 Å². The maximum absolute atomic E-state index is 11.3. The highest BCUT2D eigenvalue weighted by Gasteiger charge is 2.09. The fourth-order valence-corrected chi connectivity index (χ4v) is 1.16. The van der Waals surface area contributed by atoms with Crippen molar-refractivity contribution in [3.63, 3.8) is 0 Å². The van der Waals surface area contributed by atoms with Crippen LogP contribution in [0.3, 0.4) is 0 Å². The lowest BCUT2D eigenvalue weighted by Crippen LogP contribution is -2.37. The summed E-state index contributed by atoms with van der Waals surface area (Å²) in [6.07, 6.45) is 0. The highest BCUT2D eigenvalue weighted by molar-refractivity contribution is 5.86. The number of nitrogens with one attached hydrogen (secondary N) is 2. The van der Waals surface area contributed by atoms with Gasteiger partial charge in [-0.05, 0) is 12.1 Å². The number of rotatable bonds is 7. The van der Waals surface area contributed by atoms with Gasteiger partial charge in [-0.25, -0.2) is 4.79 Å². The van der Waals surface area contributed by atoms with Crippen molar-refractivity contribution in [2.24, 2.45) is 0 Å². The fraction of sp³-hybridized carbons (Fsp3) is 0.308. The molecule has 0 atom stereocenters. The van der Waals surface area contributed by atoms with Crippen LogP contribution >= 0.6 is 0 Å². The van der Waals surface area contributed by atoms with Gasteiger partial charge in [-0.1, -0.05) is 18.2 Å². The average molecular weight is 280 g/mol. The zero-order valence-corrected chi connectivity index (χ0v) is 11.0. The van der Waals surface area contributed by atoms with E-state index in [0.29, 0.717) is 5.75 Å². The Balaban J connectivity index is 2.16. The van der Waals surface area contributed by atoms with Crippen LogP contribution in [0.1, 0.15) is 0 Å². The number of ether oxygens (including phenoxy) is 2. The molecule has 1 aromatic carbocycles. The first-order valence-corrected chi connectivity index (χ1v) is 5.92. The van der Waals surface area contributed by atoms with Crippen molar-refractivity contribution in [3.8, 4) is 5.75 Å². The molecule has 0 aromatic heterocycles. The summed E-state index contributed by atoms with van der Waals surface area (Å²) in [4.78, 5) is 33.4. The van der Waals surface area contributed by atoms with E-state index in [1.807, 2.05) is 6.07 Å². The van der Waals surface area contributed by atoms with E-state index in [0.717, 1.165) is 0 Å². The quantitative estimate of drug-likeness (QED) is 0.655. The molecule has 0 fully saturated rings. The minimum atomic E-state index is -0.663. The van der Waals surface area contributed by atoms with E-state index in [4.69, 9.17) is 4.74 Å². The maximum atomic E-state index is 11.3. The van der Waals surface area contributed by atoms with Gasteiger partial charge in [0.2, 0.25) is 5.91 Å². The summed E-state index contributed by atoms with van der Waals surface area (Å²) in [6, 6.07) is 8.76. The largest absolute Gasteiger partial charge is 0.482 e. The number of amides is 2. The number of hydrogen-bond acceptors (Lipinski definition) is 5. The highest BCUT2D eigenvalue weighted by Crippen LogP contribution is 2.07. The Morgan fingerprint density at radius 1 is 1.05 bits per heavy atom. The summed E-state index contributed by atoms with van der Waals surface area (Å²) < 4.78 is 9.83. The molecule has 7 heteroatoms. The number of carbonyl (C=O) groups excluding carboxylic acids is 3. The predicted octanol–water partition coefficient (Wildman–Crippen LogP) is -0.529. The van der Waals surface area contributed by atoms with Crippen LogP contribution in [0.25, 0.3) is 0 Å². The lowest BCUT2D eigenvalue weighted by Gasteiger charge is -2.07. The SMILES string of the molecule is CNC(=O)CNC(=O)COC(=O)COc1ccccc1. The highest BCUT2D eigenvalue weighted by atomic mass is 16.6. The standard InChI is InChI=1S/C13H16N2O5/c1-14-11(16)7-15-12(17)8-20-13(18)9-19-10-5-3-2-4-6-10/h2-6H,7-9H2,1H3,(H,14,16)(H,15,17). The molecule has 0 aliphatic heterocycles. The molecule has 7 nitrogen and oxygen atoms in total. The van der Waals surface area contributed by atoms with Crippen molar-refractivity contribution in [3.05, 3.63) is 30.3 Å². The van der Waals surface area contributed by atoms with E-state index in [2.05, 4.69) is 15.4 Å². The van der Waals surface area contributed by atoms with Gasteiger partial charge in [0.15, 0.2) is 13.2 Å². The second kappa shape index (κ2) is 8.52. The van der Waals surface area contributed by atoms with Crippen LogP contribution in [-0.2, 0) is 19.1 Å². The molecular formula is C13H16N2O5. The van der Waals surface area contributed by atoms with Crippen molar-refractivity contribution in [1.82, 2.24) is 10.6 Å². The Kier molecular flexibility index (Phi) is 6.60. The molecule has 108 valence electrons. The molecule has 0 bridgehead atoms. The first-order valence-electron chi connectivity index (χ1n) is 5.92. The van der Waals surface area contributed by atoms with Gasteiger partial charge in [0, 0.05) is 7.05 Å². The molecular weight excluding hydrogens is 264 g/mol. The van der Waals surface area contributed by atoms with Gasteiger partial charge >= 0.3 is 5.97 Å². The second-order valence-electron chi connectivity index (χ2n) is 3.71. The van der Waals surface area contributed by atoms with Gasteiger partial charge in [-0.15, -0.1) is 0 Å². The summed E-state index contributed by atoms with van der Waals surface area (Å²) >= 11 is 0. The molecule has 0 heterocycles. The maximum Gasteiger partial charge on any atom is 0.344 e. The predicted molar refractivity (Wildman–Crippen MR) is 70.0 cm³/mol. The van der Waals surface area contributed by atoms with E-state index in [1.54, 1.807) is 24.3 Å². The van der Waals surface area contributed by atoms with Crippen molar-refractivity contribution < 1.29 is 23.9 Å². The van der Waals surface area contributed by atoms with Crippen LogP contribution in [0.4, 0.5) is 0 Å². The molecule has 0 saturated carbocycles. The van der Waals surface area contributed by atoms with Crippen LogP contribution in [0.2, 0.25) is 0 Å². The summed E-state index contributed by atoms with van der Waals surface area (Å²) in [5.41, 5.74) is 0. The topological polar surface area (TPSA) is 93.7 Å². The molecule has 1 rings (SSSR count). The van der Waals surface area contributed by atoms with Crippen LogP contribution in [-0.4, -0.2) is 44.6 Å². The molecule has 2 amide bonds. The van der Waals surface area contributed by atoms with Gasteiger partial charge in [-0.2, -0.15) is 0 Å². The van der Waals surface area contributed by atoms with E-state index in [1.165, 1.54) is 7.05 Å². The van der Waals surface area contributed by atoms with Crippen LogP contribution in [0.5, 0.6) is 5.75 Å². The summed E-state index contributed by atoms with van der Waals surface area (Å²) in [5, 5.41) is 4.64. The summed E-state index contributed by atoms with van der Waals surface area (Å²) in [6.45, 7) is -0.895. The lowest BCUT2D eigenvalue weighted by atomic mass is 10.3. The van der Waals surface area contributed by atoms with Gasteiger partial charge in [0.05, 0.1) is 6.54 Å². The lowest BCUT2D eigenvalue weighted by molar-refractivity contribution is -0.150. The minimum absolute atomic E-state index is 0.159. The van der Waals surface area contributed by atoms with Gasteiger partial charge in [-0.3, -0.25) is 9.59 Å². The minimum Gasteiger partial charge on any atom is -0.482 e. The molecule has 0 spiro atoms. The molecule has 2 N–H and O–H groups in total. The third-order valence-corrected chi connectivity index (χ3v) is 2.19. The van der Waals surface area contributed by atoms with Crippen molar-refractivity contribution >= 4 is 17.8 Å². The first kappa shape index (κ1) is 15.5. The third-order valence-electron chi connectivity index (χ3n) is 2.19. The summed E-state index contributed by atoms with van der Waals surface area (Å²) in [7, 11) is 1.45. The van der Waals surface area contributed by atoms with Crippen molar-refractivity contribution in [2.75, 3.05) is 26.8 Å². The van der Waals surface area contributed by atoms with E-state index < -0.39 is 18.5 Å². The van der Waals surface area contributed by atoms with Gasteiger partial charge in [0.25, 0.3) is 5.91 Å². The molecule has 0 aliphatic carbocycles. The number of hydrogen-bond donors (Lipinski definition) is 2. The van der Waals surface area contributed by atoms with E-state index >= 15 is 0 Å². The van der Waals surface area contributed by atoms with Crippen LogP contribution in [0.15, 0.2) is 30.3 Å². The molecule has 0 radical (unpaired) electrons. The Hall–Kier alpha value is -2.57. The second-order valence-corrected chi connectivity index (χ2v) is 3.71. The molecule has 0 saturated heterocycles. The molecule has 0 unspecified atom stereocenters. The zero-order chi connectivity index (χ0) is 14.8. The number of carbonyl (C=O) groups is 3. The normalized spacial score (nSPS) is 9.45. The molecule has 20 heavy (non-hydrogen) atoms. The smallest absolute Gasteiger partial charge is 0.344 e. The van der Waals surface area contributed by atoms with Crippen molar-refractivity contribution in [1.29, 1.82) is 0 Å². The van der Waals surface area contributed by atoms with Crippen LogP contribution in [0, 0.1) is 0 Å². The Morgan fingerprint density at radius 3 is 2.40 bits per heavy atom. The summed E-state index contributed by atoms with van der Waals surface area (Å²) in [5.74, 6) is -1.02. The third kappa shape index (κ3) is 6.39. The monoisotopic (exact) mass is 280 g/mol. The molecule has 1 aromatic rings. The molecule has 0 aliphatic rings. The van der Waals surface area contributed by atoms with E-state index in [9.17, 15) is 14.4 Å². The number of likely N-dealkylation sites (N-methyl/N-ethyl adjacent to an activating group) is 1. The fourth-order valence-electron chi connectivity index (χ4n) is 1.16. The Labute approximate surface area is 116 Å². The number of para-hydroxylation sites is 1. The van der Waals surface area contributed by atoms with E-state index in [-0.39, 0.29) is 19.1 Å². The van der Waals surface area contributed by atoms with Gasteiger partial charge < -0.3 is 20.1 Å². The van der Waals surface area contributed by atoms with Crippen LogP contribution < -0.4 is 15.4 Å². The Morgan fingerprint density at radius 2 is 1.75 bits per heavy atom.